The second-order valence-electron chi connectivity index (χ2n) is 5.97. The lowest BCUT2D eigenvalue weighted by molar-refractivity contribution is 0.0910. The summed E-state index contributed by atoms with van der Waals surface area (Å²) in [5.74, 6) is -0.0371. The van der Waals surface area contributed by atoms with Crippen LogP contribution in [-0.4, -0.2) is 23.0 Å². The van der Waals surface area contributed by atoms with Gasteiger partial charge in [0.1, 0.15) is 0 Å². The third-order valence-corrected chi connectivity index (χ3v) is 4.11. The minimum atomic E-state index is -0.0731. The fourth-order valence-electron chi connectivity index (χ4n) is 2.69. The molecule has 1 aromatic carbocycles. The summed E-state index contributed by atoms with van der Waals surface area (Å²) in [5, 5.41) is 14.6. The Morgan fingerprint density at radius 2 is 1.95 bits per heavy atom. The second-order valence-corrected chi connectivity index (χ2v) is 5.97. The number of hydrogen-bond acceptors (Lipinski definition) is 3. The van der Waals surface area contributed by atoms with Crippen LogP contribution in [0.5, 0.6) is 0 Å². The van der Waals surface area contributed by atoms with Crippen molar-refractivity contribution >= 4 is 11.7 Å². The summed E-state index contributed by atoms with van der Waals surface area (Å²) in [4.78, 5) is 12.2. The number of carbonyl (C=O) groups excluding carboxylic acids is 1. The van der Waals surface area contributed by atoms with Gasteiger partial charge in [-0.15, -0.1) is 0 Å². The minimum Gasteiger partial charge on any atom is -0.409 e. The number of nitrogens with one attached hydrogen (secondary N) is 1. The molecule has 0 radical (unpaired) electrons. The molecule has 1 aliphatic rings. The van der Waals surface area contributed by atoms with Crippen molar-refractivity contribution in [2.75, 3.05) is 0 Å². The van der Waals surface area contributed by atoms with Gasteiger partial charge in [-0.05, 0) is 30.4 Å². The highest BCUT2D eigenvalue weighted by atomic mass is 16.4. The van der Waals surface area contributed by atoms with Crippen molar-refractivity contribution in [1.29, 1.82) is 0 Å². The number of amidine groups is 1. The van der Waals surface area contributed by atoms with E-state index in [2.05, 4.69) is 24.3 Å². The zero-order chi connectivity index (χ0) is 14.8. The molecule has 1 amide bonds. The predicted octanol–water partition coefficient (Wildman–Crippen LogP) is 2.09. The van der Waals surface area contributed by atoms with Crippen molar-refractivity contribution in [3.8, 4) is 0 Å². The molecule has 108 valence electrons. The summed E-state index contributed by atoms with van der Waals surface area (Å²) in [7, 11) is 0. The summed E-state index contributed by atoms with van der Waals surface area (Å²) in [6.45, 7) is 4.37. The summed E-state index contributed by atoms with van der Waals surface area (Å²) < 4.78 is 0. The number of nitrogens with zero attached hydrogens (tertiary/aromatic N) is 1. The molecule has 5 heteroatoms. The van der Waals surface area contributed by atoms with E-state index >= 15 is 0 Å². The molecule has 0 spiro atoms. The van der Waals surface area contributed by atoms with E-state index < -0.39 is 0 Å². The van der Waals surface area contributed by atoms with Crippen molar-refractivity contribution in [3.05, 3.63) is 35.4 Å². The van der Waals surface area contributed by atoms with Crippen molar-refractivity contribution in [1.82, 2.24) is 5.32 Å². The summed E-state index contributed by atoms with van der Waals surface area (Å²) in [5.41, 5.74) is 6.82. The number of oxime groups is 1. The maximum absolute atomic E-state index is 12.2. The average molecular weight is 275 g/mol. The third kappa shape index (κ3) is 2.92. The van der Waals surface area contributed by atoms with E-state index in [4.69, 9.17) is 10.9 Å². The van der Waals surface area contributed by atoms with Gasteiger partial charge in [0.25, 0.3) is 5.91 Å². The Hall–Kier alpha value is -2.04. The molecule has 1 aliphatic carbocycles. The number of nitrogens with two attached hydrogens (primary N) is 1. The van der Waals surface area contributed by atoms with Crippen LogP contribution in [0.15, 0.2) is 29.4 Å². The maximum atomic E-state index is 12.2. The standard InChI is InChI=1S/C15H21N3O2/c1-15(2)9-3-4-12(15)17-14(19)11-7-5-10(6-8-11)13(16)18-20/h5-8,12,20H,3-4,9H2,1-2H3,(H2,16,18)(H,17,19). The highest BCUT2D eigenvalue weighted by molar-refractivity contribution is 5.99. The SMILES string of the molecule is CC1(C)CCCC1NC(=O)c1ccc(C(N)=NO)cc1. The van der Waals surface area contributed by atoms with Gasteiger partial charge in [0.05, 0.1) is 0 Å². The average Bonchev–Trinajstić information content (AvgIpc) is 2.77. The lowest BCUT2D eigenvalue weighted by atomic mass is 9.87. The molecule has 2 rings (SSSR count). The quantitative estimate of drug-likeness (QED) is 0.341. The van der Waals surface area contributed by atoms with Crippen LogP contribution in [0, 0.1) is 5.41 Å². The zero-order valence-electron chi connectivity index (χ0n) is 11.9. The molecule has 0 aromatic heterocycles. The first kappa shape index (κ1) is 14.4. The van der Waals surface area contributed by atoms with E-state index in [0.717, 1.165) is 19.3 Å². The number of benzene rings is 1. The molecule has 0 saturated heterocycles. The van der Waals surface area contributed by atoms with Crippen LogP contribution >= 0.6 is 0 Å². The zero-order valence-corrected chi connectivity index (χ0v) is 11.9. The smallest absolute Gasteiger partial charge is 0.251 e. The van der Waals surface area contributed by atoms with Crippen LogP contribution in [0.25, 0.3) is 0 Å². The molecular weight excluding hydrogens is 254 g/mol. The highest BCUT2D eigenvalue weighted by Gasteiger charge is 2.35. The molecule has 1 unspecified atom stereocenters. The Kier molecular flexibility index (Phi) is 3.97. The van der Waals surface area contributed by atoms with Gasteiger partial charge in [0.15, 0.2) is 5.84 Å². The Labute approximate surface area is 118 Å². The largest absolute Gasteiger partial charge is 0.409 e. The molecule has 0 heterocycles. The first-order valence-corrected chi connectivity index (χ1v) is 6.83. The van der Waals surface area contributed by atoms with Gasteiger partial charge < -0.3 is 16.3 Å². The van der Waals surface area contributed by atoms with Crippen LogP contribution in [0.4, 0.5) is 0 Å². The number of amides is 1. The lowest BCUT2D eigenvalue weighted by Crippen LogP contribution is -2.41. The second kappa shape index (κ2) is 5.53. The van der Waals surface area contributed by atoms with Crippen molar-refractivity contribution < 1.29 is 10.0 Å². The normalized spacial score (nSPS) is 21.7. The van der Waals surface area contributed by atoms with E-state index in [9.17, 15) is 4.79 Å². The van der Waals surface area contributed by atoms with Crippen molar-refractivity contribution in [3.63, 3.8) is 0 Å². The van der Waals surface area contributed by atoms with Crippen LogP contribution in [-0.2, 0) is 0 Å². The van der Waals surface area contributed by atoms with Gasteiger partial charge in [0, 0.05) is 17.2 Å². The van der Waals surface area contributed by atoms with Crippen molar-refractivity contribution in [2.24, 2.45) is 16.3 Å². The minimum absolute atomic E-state index is 0.0360. The van der Waals surface area contributed by atoms with Gasteiger partial charge in [-0.3, -0.25) is 4.79 Å². The Balaban J connectivity index is 2.06. The predicted molar refractivity (Wildman–Crippen MR) is 77.8 cm³/mol. The molecule has 0 aliphatic heterocycles. The van der Waals surface area contributed by atoms with Gasteiger partial charge in [0.2, 0.25) is 0 Å². The monoisotopic (exact) mass is 275 g/mol. The topological polar surface area (TPSA) is 87.7 Å². The summed E-state index contributed by atoms with van der Waals surface area (Å²) in [6.07, 6.45) is 3.32. The fourth-order valence-corrected chi connectivity index (χ4v) is 2.69. The van der Waals surface area contributed by atoms with Gasteiger partial charge in [-0.25, -0.2) is 0 Å². The molecule has 1 atom stereocenters. The Morgan fingerprint density at radius 1 is 1.35 bits per heavy atom. The highest BCUT2D eigenvalue weighted by Crippen LogP contribution is 2.37. The lowest BCUT2D eigenvalue weighted by Gasteiger charge is -2.27. The van der Waals surface area contributed by atoms with Gasteiger partial charge in [-0.1, -0.05) is 37.6 Å². The fraction of sp³-hybridized carbons (Fsp3) is 0.467. The summed E-state index contributed by atoms with van der Waals surface area (Å²) >= 11 is 0. The van der Waals surface area contributed by atoms with E-state index in [1.807, 2.05) is 0 Å². The van der Waals surface area contributed by atoms with Crippen LogP contribution in [0.1, 0.15) is 49.0 Å². The Morgan fingerprint density at radius 3 is 2.45 bits per heavy atom. The van der Waals surface area contributed by atoms with Crippen LogP contribution in [0.3, 0.4) is 0 Å². The van der Waals surface area contributed by atoms with E-state index in [0.29, 0.717) is 11.1 Å². The molecule has 0 bridgehead atoms. The van der Waals surface area contributed by atoms with Crippen molar-refractivity contribution in [2.45, 2.75) is 39.2 Å². The molecule has 5 nitrogen and oxygen atoms in total. The van der Waals surface area contributed by atoms with Gasteiger partial charge >= 0.3 is 0 Å². The van der Waals surface area contributed by atoms with E-state index in [1.54, 1.807) is 24.3 Å². The summed E-state index contributed by atoms with van der Waals surface area (Å²) in [6, 6.07) is 6.93. The first-order valence-electron chi connectivity index (χ1n) is 6.83. The third-order valence-electron chi connectivity index (χ3n) is 4.11. The number of hydrogen-bond donors (Lipinski definition) is 3. The molecule has 20 heavy (non-hydrogen) atoms. The number of carbonyl (C=O) groups is 1. The molecule has 1 aromatic rings. The van der Waals surface area contributed by atoms with Crippen LogP contribution in [0.2, 0.25) is 0 Å². The molecular formula is C15H21N3O2. The molecule has 4 N–H and O–H groups in total. The number of rotatable bonds is 3. The first-order chi connectivity index (χ1) is 9.44. The maximum Gasteiger partial charge on any atom is 0.251 e. The van der Waals surface area contributed by atoms with E-state index in [-0.39, 0.29) is 23.2 Å². The van der Waals surface area contributed by atoms with Gasteiger partial charge in [-0.2, -0.15) is 0 Å². The van der Waals surface area contributed by atoms with E-state index in [1.165, 1.54) is 0 Å². The Bertz CT molecular complexity index is 520. The molecule has 1 saturated carbocycles. The molecule has 1 fully saturated rings. The van der Waals surface area contributed by atoms with Crippen LogP contribution < -0.4 is 11.1 Å².